The normalized spacial score (nSPS) is 16.5. The zero-order valence-electron chi connectivity index (χ0n) is 12.7. The van der Waals surface area contributed by atoms with Gasteiger partial charge >= 0.3 is 0 Å². The molecule has 114 valence electrons. The van der Waals surface area contributed by atoms with Crippen LogP contribution in [-0.4, -0.2) is 62.5 Å². The third-order valence-electron chi connectivity index (χ3n) is 3.76. The highest BCUT2D eigenvalue weighted by molar-refractivity contribution is 5.85. The van der Waals surface area contributed by atoms with Crippen molar-refractivity contribution in [1.82, 2.24) is 15.1 Å². The second-order valence-electron chi connectivity index (χ2n) is 5.47. The van der Waals surface area contributed by atoms with Crippen LogP contribution in [0.15, 0.2) is 0 Å². The molecule has 19 heavy (non-hydrogen) atoms. The number of carbonyl (C=O) groups is 1. The Morgan fingerprint density at radius 2 is 2.00 bits per heavy atom. The number of hydrogen-bond donors (Lipinski definition) is 1. The number of unbranched alkanes of at least 4 members (excludes halogenated alkanes) is 1. The number of likely N-dealkylation sites (tertiary alicyclic amines) is 1. The summed E-state index contributed by atoms with van der Waals surface area (Å²) in [5, 5.41) is 2.93. The van der Waals surface area contributed by atoms with Gasteiger partial charge in [-0.3, -0.25) is 4.79 Å². The monoisotopic (exact) mass is 291 g/mol. The Hall–Kier alpha value is -0.320. The van der Waals surface area contributed by atoms with Crippen LogP contribution >= 0.6 is 12.4 Å². The van der Waals surface area contributed by atoms with Crippen molar-refractivity contribution in [3.8, 4) is 0 Å². The van der Waals surface area contributed by atoms with Crippen LogP contribution in [0.1, 0.15) is 32.6 Å². The van der Waals surface area contributed by atoms with Gasteiger partial charge in [-0.1, -0.05) is 13.3 Å². The third kappa shape index (κ3) is 7.14. The minimum atomic E-state index is 0. The first kappa shape index (κ1) is 18.7. The van der Waals surface area contributed by atoms with E-state index in [0.717, 1.165) is 31.8 Å². The zero-order chi connectivity index (χ0) is 13.4. The number of rotatable bonds is 7. The molecule has 0 bridgehead atoms. The summed E-state index contributed by atoms with van der Waals surface area (Å²) >= 11 is 0. The molecule has 0 aliphatic carbocycles. The molecular formula is C14H30ClN3O. The van der Waals surface area contributed by atoms with Crippen LogP contribution in [0, 0.1) is 5.92 Å². The summed E-state index contributed by atoms with van der Waals surface area (Å²) in [6.45, 7) is 6.98. The fourth-order valence-corrected chi connectivity index (χ4v) is 2.59. The number of halogens is 1. The van der Waals surface area contributed by atoms with E-state index in [1.807, 2.05) is 11.9 Å². The molecule has 5 heteroatoms. The number of nitrogens with zero attached hydrogens (tertiary/aromatic N) is 2. The summed E-state index contributed by atoms with van der Waals surface area (Å²) < 4.78 is 0. The smallest absolute Gasteiger partial charge is 0.236 e. The van der Waals surface area contributed by atoms with Crippen LogP contribution in [0.25, 0.3) is 0 Å². The molecule has 1 heterocycles. The number of piperidine rings is 1. The molecule has 1 amide bonds. The van der Waals surface area contributed by atoms with E-state index in [4.69, 9.17) is 0 Å². The van der Waals surface area contributed by atoms with E-state index in [2.05, 4.69) is 24.2 Å². The van der Waals surface area contributed by atoms with E-state index in [1.54, 1.807) is 0 Å². The molecule has 0 saturated carbocycles. The Morgan fingerprint density at radius 1 is 1.37 bits per heavy atom. The van der Waals surface area contributed by atoms with E-state index in [1.165, 1.54) is 25.9 Å². The highest BCUT2D eigenvalue weighted by Crippen LogP contribution is 2.18. The number of carbonyl (C=O) groups excluding carboxylic acids is 1. The molecule has 1 rings (SSSR count). The van der Waals surface area contributed by atoms with Crippen LogP contribution in [-0.2, 0) is 4.79 Å². The van der Waals surface area contributed by atoms with Crippen LogP contribution in [0.2, 0.25) is 0 Å². The standard InChI is InChI=1S/C14H29N3O.ClH/c1-4-5-8-16(3)12-13-6-9-17(10-7-13)14(18)11-15-2;/h13,15H,4-12H2,1-3H3;1H. The molecule has 0 aromatic rings. The molecule has 0 unspecified atom stereocenters. The van der Waals surface area contributed by atoms with Crippen molar-refractivity contribution in [3.63, 3.8) is 0 Å². The van der Waals surface area contributed by atoms with Crippen molar-refractivity contribution in [2.24, 2.45) is 5.92 Å². The van der Waals surface area contributed by atoms with Crippen molar-refractivity contribution in [2.75, 3.05) is 46.8 Å². The minimum absolute atomic E-state index is 0. The van der Waals surface area contributed by atoms with E-state index >= 15 is 0 Å². The second-order valence-corrected chi connectivity index (χ2v) is 5.47. The zero-order valence-corrected chi connectivity index (χ0v) is 13.5. The topological polar surface area (TPSA) is 35.6 Å². The maximum Gasteiger partial charge on any atom is 0.236 e. The molecule has 0 spiro atoms. The summed E-state index contributed by atoms with van der Waals surface area (Å²) in [4.78, 5) is 16.2. The summed E-state index contributed by atoms with van der Waals surface area (Å²) in [7, 11) is 4.04. The van der Waals surface area contributed by atoms with E-state index in [9.17, 15) is 4.79 Å². The van der Waals surface area contributed by atoms with Gasteiger partial charge in [0.1, 0.15) is 0 Å². The van der Waals surface area contributed by atoms with E-state index in [0.29, 0.717) is 6.54 Å². The SMILES string of the molecule is CCCCN(C)CC1CCN(C(=O)CNC)CC1.Cl. The average Bonchev–Trinajstić information content (AvgIpc) is 2.37. The molecule has 1 saturated heterocycles. The summed E-state index contributed by atoms with van der Waals surface area (Å²) in [6.07, 6.45) is 4.87. The molecule has 1 N–H and O–H groups in total. The maximum atomic E-state index is 11.7. The Kier molecular flexibility index (Phi) is 10.3. The summed E-state index contributed by atoms with van der Waals surface area (Å²) in [6, 6.07) is 0. The summed E-state index contributed by atoms with van der Waals surface area (Å²) in [5.41, 5.74) is 0. The van der Waals surface area contributed by atoms with Gasteiger partial charge in [0.25, 0.3) is 0 Å². The molecular weight excluding hydrogens is 262 g/mol. The lowest BCUT2D eigenvalue weighted by Gasteiger charge is -2.34. The summed E-state index contributed by atoms with van der Waals surface area (Å²) in [5.74, 6) is 1.01. The Balaban J connectivity index is 0.00000324. The van der Waals surface area contributed by atoms with Gasteiger partial charge in [0.2, 0.25) is 5.91 Å². The Bertz CT molecular complexity index is 243. The largest absolute Gasteiger partial charge is 0.342 e. The van der Waals surface area contributed by atoms with Gasteiger partial charge in [-0.05, 0) is 45.8 Å². The second kappa shape index (κ2) is 10.5. The maximum absolute atomic E-state index is 11.7. The quantitative estimate of drug-likeness (QED) is 0.774. The van der Waals surface area contributed by atoms with Gasteiger partial charge in [0, 0.05) is 19.6 Å². The molecule has 4 nitrogen and oxygen atoms in total. The van der Waals surface area contributed by atoms with Gasteiger partial charge in [-0.15, -0.1) is 12.4 Å². The van der Waals surface area contributed by atoms with Crippen molar-refractivity contribution >= 4 is 18.3 Å². The van der Waals surface area contributed by atoms with Gasteiger partial charge in [-0.2, -0.15) is 0 Å². The minimum Gasteiger partial charge on any atom is -0.342 e. The van der Waals surface area contributed by atoms with Crippen molar-refractivity contribution in [3.05, 3.63) is 0 Å². The number of hydrogen-bond acceptors (Lipinski definition) is 3. The lowest BCUT2D eigenvalue weighted by atomic mass is 9.96. The molecule has 0 aromatic heterocycles. The number of likely N-dealkylation sites (N-methyl/N-ethyl adjacent to an activating group) is 1. The van der Waals surface area contributed by atoms with Crippen LogP contribution in [0.4, 0.5) is 0 Å². The number of amides is 1. The first-order valence-electron chi connectivity index (χ1n) is 7.28. The molecule has 1 fully saturated rings. The van der Waals surface area contributed by atoms with Crippen LogP contribution in [0.3, 0.4) is 0 Å². The first-order chi connectivity index (χ1) is 8.67. The molecule has 0 aromatic carbocycles. The average molecular weight is 292 g/mol. The van der Waals surface area contributed by atoms with Crippen LogP contribution < -0.4 is 5.32 Å². The van der Waals surface area contributed by atoms with Gasteiger partial charge in [0.05, 0.1) is 6.54 Å². The highest BCUT2D eigenvalue weighted by atomic mass is 35.5. The van der Waals surface area contributed by atoms with Gasteiger partial charge in [-0.25, -0.2) is 0 Å². The van der Waals surface area contributed by atoms with Crippen molar-refractivity contribution in [1.29, 1.82) is 0 Å². The van der Waals surface area contributed by atoms with E-state index < -0.39 is 0 Å². The molecule has 1 aliphatic rings. The van der Waals surface area contributed by atoms with Gasteiger partial charge in [0.15, 0.2) is 0 Å². The van der Waals surface area contributed by atoms with E-state index in [-0.39, 0.29) is 18.3 Å². The molecule has 1 aliphatic heterocycles. The number of nitrogens with one attached hydrogen (secondary N) is 1. The Labute approximate surface area is 124 Å². The Morgan fingerprint density at radius 3 is 2.53 bits per heavy atom. The lowest BCUT2D eigenvalue weighted by molar-refractivity contribution is -0.131. The first-order valence-corrected chi connectivity index (χ1v) is 7.28. The predicted molar refractivity (Wildman–Crippen MR) is 82.9 cm³/mol. The molecule has 0 atom stereocenters. The van der Waals surface area contributed by atoms with Gasteiger partial charge < -0.3 is 15.1 Å². The van der Waals surface area contributed by atoms with Crippen molar-refractivity contribution in [2.45, 2.75) is 32.6 Å². The van der Waals surface area contributed by atoms with Crippen LogP contribution in [0.5, 0.6) is 0 Å². The fraction of sp³-hybridized carbons (Fsp3) is 0.929. The predicted octanol–water partition coefficient (Wildman–Crippen LogP) is 1.60. The lowest BCUT2D eigenvalue weighted by Crippen LogP contribution is -2.44. The highest BCUT2D eigenvalue weighted by Gasteiger charge is 2.22. The third-order valence-corrected chi connectivity index (χ3v) is 3.76. The molecule has 0 radical (unpaired) electrons. The fourth-order valence-electron chi connectivity index (χ4n) is 2.59. The van der Waals surface area contributed by atoms with Crippen molar-refractivity contribution < 1.29 is 4.79 Å².